The van der Waals surface area contributed by atoms with Crippen molar-refractivity contribution in [1.82, 2.24) is 4.90 Å². The molecule has 1 saturated heterocycles. The number of hydrogen-bond acceptors (Lipinski definition) is 2. The average Bonchev–Trinajstić information content (AvgIpc) is 2.66. The van der Waals surface area contributed by atoms with Crippen LogP contribution in [0.1, 0.15) is 37.7 Å². The summed E-state index contributed by atoms with van der Waals surface area (Å²) in [4.78, 5) is 2.64. The molecule has 0 spiro atoms. The van der Waals surface area contributed by atoms with Crippen LogP contribution in [0.15, 0.2) is 30.3 Å². The highest BCUT2D eigenvalue weighted by Crippen LogP contribution is 2.17. The first-order chi connectivity index (χ1) is 8.93. The highest BCUT2D eigenvalue weighted by molar-refractivity contribution is 5.78. The summed E-state index contributed by atoms with van der Waals surface area (Å²) in [5.41, 5.74) is 1.44. The number of rotatable bonds is 2. The van der Waals surface area contributed by atoms with E-state index in [1.165, 1.54) is 57.3 Å². The highest BCUT2D eigenvalue weighted by atomic mass is 16.0. The minimum Gasteiger partial charge on any atom is -0.870 e. The van der Waals surface area contributed by atoms with Crippen molar-refractivity contribution in [3.8, 4) is 0 Å². The third kappa shape index (κ3) is 3.35. The van der Waals surface area contributed by atoms with E-state index in [-0.39, 0.29) is 5.48 Å². The van der Waals surface area contributed by atoms with Gasteiger partial charge in [0.15, 0.2) is 0 Å². The van der Waals surface area contributed by atoms with Crippen molar-refractivity contribution in [2.75, 3.05) is 19.6 Å². The van der Waals surface area contributed by atoms with Crippen LogP contribution in [0.3, 0.4) is 0 Å². The van der Waals surface area contributed by atoms with Gasteiger partial charge in [-0.1, -0.05) is 30.3 Å². The van der Waals surface area contributed by atoms with E-state index in [0.717, 1.165) is 6.54 Å². The van der Waals surface area contributed by atoms with Crippen LogP contribution in [-0.2, 0) is 6.54 Å². The lowest BCUT2D eigenvalue weighted by atomic mass is 10.1. The molecule has 104 valence electrons. The predicted octanol–water partition coefficient (Wildman–Crippen LogP) is 2.70. The Morgan fingerprint density at radius 3 is 2.58 bits per heavy atom. The van der Waals surface area contributed by atoms with Crippen molar-refractivity contribution >= 4 is 5.84 Å². The Labute approximate surface area is 115 Å². The average molecular weight is 260 g/mol. The number of amidine groups is 1. The zero-order valence-electron chi connectivity index (χ0n) is 11.6. The third-order valence-electron chi connectivity index (χ3n) is 4.13. The summed E-state index contributed by atoms with van der Waals surface area (Å²) in [5.74, 6) is 1.61. The molecule has 3 nitrogen and oxygen atoms in total. The standard InChI is InChI=1S/C16H23N2.H2O/c1-3-8-15(9-4-1)14-18-13-7-12-17-11-6-2-5-10-16(17)18;/h1,3-4,8-9H,2,5-7,10-14H2;1H2/q+1;/p-1. The van der Waals surface area contributed by atoms with Gasteiger partial charge in [-0.3, -0.25) is 9.48 Å². The van der Waals surface area contributed by atoms with Crippen LogP contribution in [0.25, 0.3) is 0 Å². The van der Waals surface area contributed by atoms with Gasteiger partial charge in [0, 0.05) is 12.8 Å². The molecule has 2 aliphatic rings. The molecule has 1 aromatic carbocycles. The zero-order chi connectivity index (χ0) is 12.2. The van der Waals surface area contributed by atoms with Crippen LogP contribution in [0.4, 0.5) is 0 Å². The molecule has 3 heteroatoms. The Kier molecular flexibility index (Phi) is 4.97. The summed E-state index contributed by atoms with van der Waals surface area (Å²) in [5, 5.41) is 0. The second-order valence-electron chi connectivity index (χ2n) is 5.47. The summed E-state index contributed by atoms with van der Waals surface area (Å²) in [6.45, 7) is 4.88. The van der Waals surface area contributed by atoms with Crippen LogP contribution < -0.4 is 0 Å². The summed E-state index contributed by atoms with van der Waals surface area (Å²) in [6.07, 6.45) is 6.75. The molecule has 0 aromatic heterocycles. The van der Waals surface area contributed by atoms with Gasteiger partial charge < -0.3 is 5.48 Å². The maximum Gasteiger partial charge on any atom is 0.247 e. The van der Waals surface area contributed by atoms with E-state index < -0.39 is 0 Å². The van der Waals surface area contributed by atoms with Gasteiger partial charge >= 0.3 is 0 Å². The Morgan fingerprint density at radius 1 is 0.947 bits per heavy atom. The lowest BCUT2D eigenvalue weighted by molar-refractivity contribution is -0.555. The Bertz CT molecular complexity index is 428. The first kappa shape index (κ1) is 14.1. The molecule has 0 unspecified atom stereocenters. The lowest BCUT2D eigenvalue weighted by Gasteiger charge is -2.25. The first-order valence-electron chi connectivity index (χ1n) is 7.33. The molecule has 0 saturated carbocycles. The van der Waals surface area contributed by atoms with Gasteiger partial charge in [0.25, 0.3) is 0 Å². The SMILES string of the molecule is [OH-].c1ccc(C[N+]2=C3CCCCCN3CCC2)cc1. The van der Waals surface area contributed by atoms with Crippen LogP contribution in [0.2, 0.25) is 0 Å². The van der Waals surface area contributed by atoms with Crippen LogP contribution in [0.5, 0.6) is 0 Å². The molecule has 1 fully saturated rings. The second-order valence-corrected chi connectivity index (χ2v) is 5.47. The Morgan fingerprint density at radius 2 is 1.74 bits per heavy atom. The summed E-state index contributed by atoms with van der Waals surface area (Å²) in [6, 6.07) is 10.9. The molecule has 3 rings (SSSR count). The molecule has 0 atom stereocenters. The molecule has 1 N–H and O–H groups in total. The second kappa shape index (κ2) is 6.71. The molecular formula is C16H24N2O. The van der Waals surface area contributed by atoms with E-state index in [2.05, 4.69) is 39.8 Å². The van der Waals surface area contributed by atoms with Gasteiger partial charge in [-0.25, -0.2) is 0 Å². The fourth-order valence-electron chi connectivity index (χ4n) is 3.20. The van der Waals surface area contributed by atoms with Gasteiger partial charge in [-0.15, -0.1) is 0 Å². The van der Waals surface area contributed by atoms with E-state index in [1.807, 2.05) is 0 Å². The zero-order valence-corrected chi connectivity index (χ0v) is 11.6. The number of nitrogens with zero attached hydrogens (tertiary/aromatic N) is 2. The fourth-order valence-corrected chi connectivity index (χ4v) is 3.20. The van der Waals surface area contributed by atoms with E-state index in [1.54, 1.807) is 5.84 Å². The topological polar surface area (TPSA) is 36.2 Å². The maximum atomic E-state index is 2.64. The van der Waals surface area contributed by atoms with Gasteiger partial charge in [0.1, 0.15) is 6.54 Å². The number of benzene rings is 1. The van der Waals surface area contributed by atoms with Crippen LogP contribution in [0, 0.1) is 0 Å². The monoisotopic (exact) mass is 260 g/mol. The summed E-state index contributed by atoms with van der Waals surface area (Å²) >= 11 is 0. The van der Waals surface area contributed by atoms with Crippen molar-refractivity contribution in [2.24, 2.45) is 0 Å². The van der Waals surface area contributed by atoms with E-state index in [4.69, 9.17) is 0 Å². The van der Waals surface area contributed by atoms with Crippen molar-refractivity contribution in [3.05, 3.63) is 35.9 Å². The molecular weight excluding hydrogens is 236 g/mol. The third-order valence-corrected chi connectivity index (χ3v) is 4.13. The molecule has 19 heavy (non-hydrogen) atoms. The Hall–Kier alpha value is -1.35. The molecule has 0 amide bonds. The minimum atomic E-state index is 0. The molecule has 1 aromatic rings. The smallest absolute Gasteiger partial charge is 0.247 e. The Balaban J connectivity index is 0.00000133. The molecule has 2 heterocycles. The first-order valence-corrected chi connectivity index (χ1v) is 7.33. The van der Waals surface area contributed by atoms with Gasteiger partial charge in [0.2, 0.25) is 5.84 Å². The number of fused-ring (bicyclic) bond motifs is 1. The van der Waals surface area contributed by atoms with Crippen molar-refractivity contribution in [3.63, 3.8) is 0 Å². The van der Waals surface area contributed by atoms with E-state index >= 15 is 0 Å². The van der Waals surface area contributed by atoms with Gasteiger partial charge in [0.05, 0.1) is 19.6 Å². The molecule has 2 aliphatic heterocycles. The van der Waals surface area contributed by atoms with Crippen LogP contribution in [-0.4, -0.2) is 40.4 Å². The molecule has 0 radical (unpaired) electrons. The lowest BCUT2D eigenvalue weighted by Crippen LogP contribution is -2.43. The van der Waals surface area contributed by atoms with Gasteiger partial charge in [-0.2, -0.15) is 0 Å². The predicted molar refractivity (Wildman–Crippen MR) is 76.9 cm³/mol. The van der Waals surface area contributed by atoms with E-state index in [9.17, 15) is 0 Å². The van der Waals surface area contributed by atoms with E-state index in [0.29, 0.717) is 0 Å². The normalized spacial score (nSPS) is 19.5. The molecule has 0 aliphatic carbocycles. The van der Waals surface area contributed by atoms with Crippen molar-refractivity contribution < 1.29 is 10.1 Å². The summed E-state index contributed by atoms with van der Waals surface area (Å²) in [7, 11) is 0. The van der Waals surface area contributed by atoms with Crippen molar-refractivity contribution in [2.45, 2.75) is 38.6 Å². The van der Waals surface area contributed by atoms with Gasteiger partial charge in [-0.05, 0) is 24.8 Å². The van der Waals surface area contributed by atoms with Crippen LogP contribution >= 0.6 is 0 Å². The maximum absolute atomic E-state index is 2.64. The molecule has 0 bridgehead atoms. The highest BCUT2D eigenvalue weighted by Gasteiger charge is 2.28. The summed E-state index contributed by atoms with van der Waals surface area (Å²) < 4.78 is 2.62. The largest absolute Gasteiger partial charge is 0.870 e. The van der Waals surface area contributed by atoms with Crippen molar-refractivity contribution in [1.29, 1.82) is 0 Å². The number of hydrogen-bond donors (Lipinski definition) is 0. The quantitative estimate of drug-likeness (QED) is 0.767. The fraction of sp³-hybridized carbons (Fsp3) is 0.562. The minimum absolute atomic E-state index is 0.